The molecule has 1 nitrogen and oxygen atoms in total. The summed E-state index contributed by atoms with van der Waals surface area (Å²) in [4.78, 5) is 2.34. The summed E-state index contributed by atoms with van der Waals surface area (Å²) in [6.07, 6.45) is -0.430. The van der Waals surface area contributed by atoms with Gasteiger partial charge in [0.15, 0.2) is 0 Å². The molecule has 1 N–H and O–H groups in total. The van der Waals surface area contributed by atoms with Crippen LogP contribution in [0.2, 0.25) is 0 Å². The number of aryl methyl sites for hydroxylation is 2. The highest BCUT2D eigenvalue weighted by Crippen LogP contribution is 2.33. The van der Waals surface area contributed by atoms with Gasteiger partial charge in [-0.1, -0.05) is 36.0 Å². The van der Waals surface area contributed by atoms with E-state index in [1.165, 1.54) is 16.0 Å². The van der Waals surface area contributed by atoms with E-state index >= 15 is 0 Å². The molecule has 0 saturated heterocycles. The summed E-state index contributed by atoms with van der Waals surface area (Å²) < 4.78 is 0. The first-order valence-electron chi connectivity index (χ1n) is 6.10. The summed E-state index contributed by atoms with van der Waals surface area (Å²) in [7, 11) is 0. The minimum atomic E-state index is -0.430. The number of hydrogen-bond acceptors (Lipinski definition) is 2. The summed E-state index contributed by atoms with van der Waals surface area (Å²) in [5.41, 5.74) is 3.60. The molecule has 18 heavy (non-hydrogen) atoms. The largest absolute Gasteiger partial charge is 0.389 e. The van der Waals surface area contributed by atoms with Gasteiger partial charge in [0.1, 0.15) is 0 Å². The SMILES string of the molecule is Cc1ccc(Sc2ccccc2[C@@H](C)O)cc1C. The summed E-state index contributed by atoms with van der Waals surface area (Å²) in [6, 6.07) is 14.5. The van der Waals surface area contributed by atoms with E-state index < -0.39 is 6.10 Å². The minimum Gasteiger partial charge on any atom is -0.389 e. The van der Waals surface area contributed by atoms with Crippen molar-refractivity contribution >= 4 is 11.8 Å². The van der Waals surface area contributed by atoms with Gasteiger partial charge in [0.2, 0.25) is 0 Å². The molecule has 0 radical (unpaired) electrons. The Balaban J connectivity index is 2.31. The molecular formula is C16H18OS. The third-order valence-corrected chi connectivity index (χ3v) is 4.16. The Kier molecular flexibility index (Phi) is 4.10. The van der Waals surface area contributed by atoms with Crippen LogP contribution in [-0.4, -0.2) is 5.11 Å². The lowest BCUT2D eigenvalue weighted by Crippen LogP contribution is -1.93. The van der Waals surface area contributed by atoms with Crippen LogP contribution < -0.4 is 0 Å². The Morgan fingerprint density at radius 2 is 1.72 bits per heavy atom. The first-order chi connectivity index (χ1) is 8.58. The standard InChI is InChI=1S/C16H18OS/c1-11-8-9-14(10-12(11)2)18-16-7-5-4-6-15(16)13(3)17/h4-10,13,17H,1-3H3/t13-/m1/s1. The maximum absolute atomic E-state index is 9.77. The Labute approximate surface area is 113 Å². The molecule has 0 aliphatic carbocycles. The van der Waals surface area contributed by atoms with Gasteiger partial charge in [0, 0.05) is 9.79 Å². The van der Waals surface area contributed by atoms with Gasteiger partial charge in [-0.25, -0.2) is 0 Å². The highest BCUT2D eigenvalue weighted by Gasteiger charge is 2.08. The highest BCUT2D eigenvalue weighted by molar-refractivity contribution is 7.99. The zero-order chi connectivity index (χ0) is 13.1. The van der Waals surface area contributed by atoms with E-state index in [1.807, 2.05) is 18.2 Å². The predicted molar refractivity (Wildman–Crippen MR) is 77.1 cm³/mol. The lowest BCUT2D eigenvalue weighted by Gasteiger charge is -2.12. The second kappa shape index (κ2) is 5.59. The van der Waals surface area contributed by atoms with Crippen LogP contribution in [0.4, 0.5) is 0 Å². The van der Waals surface area contributed by atoms with E-state index in [-0.39, 0.29) is 0 Å². The van der Waals surface area contributed by atoms with Crippen molar-refractivity contribution in [3.63, 3.8) is 0 Å². The second-order valence-electron chi connectivity index (χ2n) is 4.56. The van der Waals surface area contributed by atoms with Crippen LogP contribution in [0.15, 0.2) is 52.3 Å². The molecule has 0 amide bonds. The molecule has 0 unspecified atom stereocenters. The maximum atomic E-state index is 9.77. The Hall–Kier alpha value is -1.25. The molecule has 0 saturated carbocycles. The number of rotatable bonds is 3. The third kappa shape index (κ3) is 2.95. The van der Waals surface area contributed by atoms with E-state index in [2.05, 4.69) is 38.1 Å². The van der Waals surface area contributed by atoms with Crippen LogP contribution in [0.3, 0.4) is 0 Å². The van der Waals surface area contributed by atoms with Crippen molar-refractivity contribution in [3.05, 3.63) is 59.2 Å². The topological polar surface area (TPSA) is 20.2 Å². The third-order valence-electron chi connectivity index (χ3n) is 3.08. The van der Waals surface area contributed by atoms with Crippen LogP contribution in [0.5, 0.6) is 0 Å². The van der Waals surface area contributed by atoms with E-state index in [1.54, 1.807) is 18.7 Å². The van der Waals surface area contributed by atoms with Gasteiger partial charge < -0.3 is 5.11 Å². The second-order valence-corrected chi connectivity index (χ2v) is 5.68. The smallest absolute Gasteiger partial charge is 0.0772 e. The molecule has 0 aromatic heterocycles. The number of benzene rings is 2. The van der Waals surface area contributed by atoms with Crippen LogP contribution in [0.25, 0.3) is 0 Å². The van der Waals surface area contributed by atoms with Crippen molar-refractivity contribution in [1.29, 1.82) is 0 Å². The first kappa shape index (κ1) is 13.2. The van der Waals surface area contributed by atoms with Gasteiger partial charge in [0.25, 0.3) is 0 Å². The van der Waals surface area contributed by atoms with Gasteiger partial charge in [-0.05, 0) is 55.7 Å². The molecule has 1 atom stereocenters. The van der Waals surface area contributed by atoms with Crippen molar-refractivity contribution in [2.45, 2.75) is 36.7 Å². The normalized spacial score (nSPS) is 12.4. The van der Waals surface area contributed by atoms with E-state index in [9.17, 15) is 5.11 Å². The molecule has 0 spiro atoms. The van der Waals surface area contributed by atoms with Crippen LogP contribution >= 0.6 is 11.8 Å². The molecule has 0 aliphatic rings. The summed E-state index contributed by atoms with van der Waals surface area (Å²) in [5.74, 6) is 0. The Bertz CT molecular complexity index is 547. The zero-order valence-electron chi connectivity index (χ0n) is 11.0. The maximum Gasteiger partial charge on any atom is 0.0772 e. The molecule has 2 heteroatoms. The van der Waals surface area contributed by atoms with Crippen LogP contribution in [0.1, 0.15) is 29.7 Å². The average molecular weight is 258 g/mol. The van der Waals surface area contributed by atoms with Crippen molar-refractivity contribution < 1.29 is 5.11 Å². The molecule has 0 fully saturated rings. The predicted octanol–water partition coefficient (Wildman–Crippen LogP) is 4.51. The van der Waals surface area contributed by atoms with Crippen molar-refractivity contribution in [3.8, 4) is 0 Å². The summed E-state index contributed by atoms with van der Waals surface area (Å²) in [6.45, 7) is 6.05. The zero-order valence-corrected chi connectivity index (χ0v) is 11.8. The van der Waals surface area contributed by atoms with Gasteiger partial charge in [-0.15, -0.1) is 0 Å². The van der Waals surface area contributed by atoms with Crippen LogP contribution in [0, 0.1) is 13.8 Å². The lowest BCUT2D eigenvalue weighted by atomic mass is 10.1. The molecule has 0 aliphatic heterocycles. The van der Waals surface area contributed by atoms with Gasteiger partial charge in [-0.2, -0.15) is 0 Å². The van der Waals surface area contributed by atoms with Crippen molar-refractivity contribution in [1.82, 2.24) is 0 Å². The molecule has 0 bridgehead atoms. The molecule has 94 valence electrons. The van der Waals surface area contributed by atoms with Crippen LogP contribution in [-0.2, 0) is 0 Å². The minimum absolute atomic E-state index is 0.430. The first-order valence-corrected chi connectivity index (χ1v) is 6.91. The number of aliphatic hydroxyl groups is 1. The molecule has 2 rings (SSSR count). The Morgan fingerprint density at radius 1 is 1.00 bits per heavy atom. The van der Waals surface area contributed by atoms with E-state index in [4.69, 9.17) is 0 Å². The van der Waals surface area contributed by atoms with E-state index in [0.717, 1.165) is 10.5 Å². The van der Waals surface area contributed by atoms with E-state index in [0.29, 0.717) is 0 Å². The van der Waals surface area contributed by atoms with Gasteiger partial charge in [0.05, 0.1) is 6.10 Å². The lowest BCUT2D eigenvalue weighted by molar-refractivity contribution is 0.196. The number of aliphatic hydroxyl groups excluding tert-OH is 1. The molecule has 0 heterocycles. The van der Waals surface area contributed by atoms with Gasteiger partial charge >= 0.3 is 0 Å². The fourth-order valence-corrected chi connectivity index (χ4v) is 2.95. The average Bonchev–Trinajstić information content (AvgIpc) is 2.34. The Morgan fingerprint density at radius 3 is 2.39 bits per heavy atom. The van der Waals surface area contributed by atoms with Crippen molar-refractivity contribution in [2.75, 3.05) is 0 Å². The van der Waals surface area contributed by atoms with Gasteiger partial charge in [-0.3, -0.25) is 0 Å². The fourth-order valence-electron chi connectivity index (χ4n) is 1.82. The molecular weight excluding hydrogens is 240 g/mol. The fraction of sp³-hybridized carbons (Fsp3) is 0.250. The van der Waals surface area contributed by atoms with Crippen molar-refractivity contribution in [2.24, 2.45) is 0 Å². The molecule has 2 aromatic carbocycles. The highest BCUT2D eigenvalue weighted by atomic mass is 32.2. The summed E-state index contributed by atoms with van der Waals surface area (Å²) >= 11 is 1.71. The molecule has 2 aromatic rings. The summed E-state index contributed by atoms with van der Waals surface area (Å²) in [5, 5.41) is 9.77. The number of hydrogen-bond donors (Lipinski definition) is 1. The monoisotopic (exact) mass is 258 g/mol. The quantitative estimate of drug-likeness (QED) is 0.874.